The van der Waals surface area contributed by atoms with Gasteiger partial charge >= 0.3 is 0 Å². The quantitative estimate of drug-likeness (QED) is 0.630. The highest BCUT2D eigenvalue weighted by atomic mass is 16.1. The Balaban J connectivity index is 2.75. The van der Waals surface area contributed by atoms with Crippen LogP contribution in [0.15, 0.2) is 12.1 Å². The second-order valence-electron chi connectivity index (χ2n) is 3.23. The lowest BCUT2D eigenvalue weighted by Crippen LogP contribution is -2.13. The Morgan fingerprint density at radius 1 is 0.938 bits per heavy atom. The third kappa shape index (κ3) is 3.18. The van der Waals surface area contributed by atoms with Crippen LogP contribution in [0.25, 0.3) is 0 Å². The molecule has 0 aliphatic heterocycles. The van der Waals surface area contributed by atoms with Crippen LogP contribution < -0.4 is 11.5 Å². The lowest BCUT2D eigenvalue weighted by molar-refractivity contribution is 0.0964. The van der Waals surface area contributed by atoms with Crippen LogP contribution >= 0.6 is 0 Å². The van der Waals surface area contributed by atoms with Crippen molar-refractivity contribution in [1.29, 1.82) is 0 Å². The van der Waals surface area contributed by atoms with E-state index in [1.165, 1.54) is 12.1 Å². The summed E-state index contributed by atoms with van der Waals surface area (Å²) >= 11 is 0. The van der Waals surface area contributed by atoms with E-state index in [-0.39, 0.29) is 48.9 Å². The molecule has 0 fully saturated rings. The summed E-state index contributed by atoms with van der Waals surface area (Å²) in [5.41, 5.74) is 11.0. The lowest BCUT2D eigenvalue weighted by atomic mass is 10.1. The van der Waals surface area contributed by atoms with Gasteiger partial charge in [-0.25, -0.2) is 0 Å². The van der Waals surface area contributed by atoms with Gasteiger partial charge in [0.1, 0.15) is 11.4 Å². The molecule has 1 rings (SSSR count). The number of Topliss-reactive ketones (excluding diaryl/α,β-unsaturated/α-hetero) is 2. The molecular weight excluding hydrogens is 208 g/mol. The van der Waals surface area contributed by atoms with E-state index in [2.05, 4.69) is 10.2 Å². The van der Waals surface area contributed by atoms with Crippen molar-refractivity contribution in [1.82, 2.24) is 10.2 Å². The fourth-order valence-corrected chi connectivity index (χ4v) is 1.15. The number of rotatable bonds is 6. The highest BCUT2D eigenvalue weighted by molar-refractivity contribution is 5.96. The van der Waals surface area contributed by atoms with Gasteiger partial charge in [0, 0.05) is 12.8 Å². The van der Waals surface area contributed by atoms with E-state index in [0.29, 0.717) is 0 Å². The van der Waals surface area contributed by atoms with E-state index in [4.69, 9.17) is 11.5 Å². The Morgan fingerprint density at radius 2 is 1.31 bits per heavy atom. The zero-order valence-electron chi connectivity index (χ0n) is 8.85. The molecule has 0 saturated heterocycles. The van der Waals surface area contributed by atoms with Crippen molar-refractivity contribution >= 4 is 11.6 Å². The number of ketones is 2. The maximum atomic E-state index is 11.4. The van der Waals surface area contributed by atoms with Crippen LogP contribution in [0.3, 0.4) is 0 Å². The molecule has 1 aromatic rings. The molecule has 0 aromatic carbocycles. The summed E-state index contributed by atoms with van der Waals surface area (Å²) in [6, 6.07) is 2.96. The van der Waals surface area contributed by atoms with E-state index < -0.39 is 0 Å². The molecule has 6 heteroatoms. The Bertz CT molecular complexity index is 338. The van der Waals surface area contributed by atoms with Crippen LogP contribution in [0, 0.1) is 0 Å². The molecule has 16 heavy (non-hydrogen) atoms. The summed E-state index contributed by atoms with van der Waals surface area (Å²) in [6.45, 7) is 0.544. The predicted octanol–water partition coefficient (Wildman–Crippen LogP) is -0.460. The summed E-state index contributed by atoms with van der Waals surface area (Å²) in [5, 5.41) is 7.37. The van der Waals surface area contributed by atoms with Crippen molar-refractivity contribution < 1.29 is 9.59 Å². The molecular formula is C10H14N4O2. The maximum absolute atomic E-state index is 11.4. The van der Waals surface area contributed by atoms with Crippen molar-refractivity contribution in [2.75, 3.05) is 13.1 Å². The average Bonchev–Trinajstić information content (AvgIpc) is 2.30. The van der Waals surface area contributed by atoms with Crippen molar-refractivity contribution in [3.63, 3.8) is 0 Å². The Morgan fingerprint density at radius 3 is 1.56 bits per heavy atom. The van der Waals surface area contributed by atoms with E-state index in [9.17, 15) is 9.59 Å². The number of aromatic nitrogens is 2. The second kappa shape index (κ2) is 6.04. The van der Waals surface area contributed by atoms with Gasteiger partial charge in [0.05, 0.1) is 0 Å². The smallest absolute Gasteiger partial charge is 0.184 e. The normalized spacial score (nSPS) is 10.1. The van der Waals surface area contributed by atoms with Gasteiger partial charge in [-0.05, 0) is 25.2 Å². The summed E-state index contributed by atoms with van der Waals surface area (Å²) in [7, 11) is 0. The molecule has 0 spiro atoms. The number of hydrogen-bond acceptors (Lipinski definition) is 6. The minimum atomic E-state index is -0.173. The van der Waals surface area contributed by atoms with Gasteiger partial charge in [0.25, 0.3) is 0 Å². The number of nitrogens with zero attached hydrogens (tertiary/aromatic N) is 2. The average molecular weight is 222 g/mol. The Labute approximate surface area is 93.0 Å². The van der Waals surface area contributed by atoms with Crippen LogP contribution in [0.2, 0.25) is 0 Å². The summed E-state index contributed by atoms with van der Waals surface area (Å²) < 4.78 is 0. The molecule has 4 N–H and O–H groups in total. The van der Waals surface area contributed by atoms with Gasteiger partial charge in [0.15, 0.2) is 11.6 Å². The van der Waals surface area contributed by atoms with Crippen molar-refractivity contribution in [3.8, 4) is 0 Å². The number of carbonyl (C=O) groups is 2. The molecule has 1 aromatic heterocycles. The van der Waals surface area contributed by atoms with Gasteiger partial charge in [0.2, 0.25) is 0 Å². The molecule has 0 saturated carbocycles. The molecule has 86 valence electrons. The van der Waals surface area contributed by atoms with Crippen molar-refractivity contribution in [3.05, 3.63) is 23.5 Å². The summed E-state index contributed by atoms with van der Waals surface area (Å²) in [5.74, 6) is -0.347. The van der Waals surface area contributed by atoms with Crippen LogP contribution in [-0.2, 0) is 0 Å². The summed E-state index contributed by atoms with van der Waals surface area (Å²) in [6.07, 6.45) is 0.454. The molecule has 0 radical (unpaired) electrons. The van der Waals surface area contributed by atoms with Gasteiger partial charge in [-0.15, -0.1) is 10.2 Å². The predicted molar refractivity (Wildman–Crippen MR) is 58.0 cm³/mol. The first-order chi connectivity index (χ1) is 7.69. The first-order valence-electron chi connectivity index (χ1n) is 4.99. The van der Waals surface area contributed by atoms with Crippen LogP contribution in [-0.4, -0.2) is 34.9 Å². The molecule has 0 aliphatic carbocycles. The van der Waals surface area contributed by atoms with Crippen LogP contribution in [0.5, 0.6) is 0 Å². The molecule has 0 amide bonds. The van der Waals surface area contributed by atoms with Crippen molar-refractivity contribution in [2.24, 2.45) is 11.5 Å². The Kier molecular flexibility index (Phi) is 4.68. The fraction of sp³-hybridized carbons (Fsp3) is 0.400. The first kappa shape index (κ1) is 12.4. The lowest BCUT2D eigenvalue weighted by Gasteiger charge is -1.99. The van der Waals surface area contributed by atoms with E-state index in [1.807, 2.05) is 0 Å². The van der Waals surface area contributed by atoms with Gasteiger partial charge in [-0.3, -0.25) is 9.59 Å². The summed E-state index contributed by atoms with van der Waals surface area (Å²) in [4.78, 5) is 22.7. The topological polar surface area (TPSA) is 112 Å². The van der Waals surface area contributed by atoms with E-state index in [1.54, 1.807) is 0 Å². The molecule has 0 atom stereocenters. The molecule has 6 nitrogen and oxygen atoms in total. The maximum Gasteiger partial charge on any atom is 0.184 e. The van der Waals surface area contributed by atoms with Gasteiger partial charge in [-0.1, -0.05) is 0 Å². The molecule has 0 aliphatic rings. The minimum absolute atomic E-state index is 0.173. The molecule has 0 unspecified atom stereocenters. The fourth-order valence-electron chi connectivity index (χ4n) is 1.15. The zero-order valence-corrected chi connectivity index (χ0v) is 8.85. The van der Waals surface area contributed by atoms with Crippen LogP contribution in [0.4, 0.5) is 0 Å². The third-order valence-corrected chi connectivity index (χ3v) is 1.98. The number of nitrogens with two attached hydrogens (primary N) is 2. The Hall–Kier alpha value is -1.66. The zero-order chi connectivity index (χ0) is 12.0. The highest BCUT2D eigenvalue weighted by Gasteiger charge is 2.10. The van der Waals surface area contributed by atoms with E-state index in [0.717, 1.165) is 0 Å². The molecule has 1 heterocycles. The SMILES string of the molecule is NCCC(=O)c1ccc(C(=O)CCN)nn1. The largest absolute Gasteiger partial charge is 0.330 e. The highest BCUT2D eigenvalue weighted by Crippen LogP contribution is 2.02. The minimum Gasteiger partial charge on any atom is -0.330 e. The standard InChI is InChI=1S/C10H14N4O2/c11-5-3-9(15)7-1-2-8(14-13-7)10(16)4-6-12/h1-2H,3-6,11-12H2. The van der Waals surface area contributed by atoms with E-state index >= 15 is 0 Å². The number of hydrogen-bond donors (Lipinski definition) is 2. The van der Waals surface area contributed by atoms with Crippen molar-refractivity contribution in [2.45, 2.75) is 12.8 Å². The third-order valence-electron chi connectivity index (χ3n) is 1.98. The van der Waals surface area contributed by atoms with Gasteiger partial charge in [-0.2, -0.15) is 0 Å². The van der Waals surface area contributed by atoms with Gasteiger partial charge < -0.3 is 11.5 Å². The second-order valence-corrected chi connectivity index (χ2v) is 3.23. The number of carbonyl (C=O) groups excluding carboxylic acids is 2. The molecule has 0 bridgehead atoms. The van der Waals surface area contributed by atoms with Crippen LogP contribution in [0.1, 0.15) is 33.8 Å². The first-order valence-corrected chi connectivity index (χ1v) is 4.99. The monoisotopic (exact) mass is 222 g/mol.